The second kappa shape index (κ2) is 5.00. The van der Waals surface area contributed by atoms with Gasteiger partial charge in [-0.3, -0.25) is 0 Å². The predicted octanol–water partition coefficient (Wildman–Crippen LogP) is 5.27. The monoisotopic (exact) mass is 330 g/mol. The number of aromatic nitrogens is 2. The van der Waals surface area contributed by atoms with Gasteiger partial charge in [0.15, 0.2) is 0 Å². The second-order valence-electron chi connectivity index (χ2n) is 4.90. The van der Waals surface area contributed by atoms with Gasteiger partial charge in [-0.1, -0.05) is 12.1 Å². The highest BCUT2D eigenvalue weighted by molar-refractivity contribution is 5.92. The Labute approximate surface area is 125 Å². The summed E-state index contributed by atoms with van der Waals surface area (Å²) in [5, 5.41) is 0. The summed E-state index contributed by atoms with van der Waals surface area (Å²) < 4.78 is 77.3. The number of aromatic amines is 1. The van der Waals surface area contributed by atoms with Crippen molar-refractivity contribution in [3.8, 4) is 11.1 Å². The van der Waals surface area contributed by atoms with E-state index < -0.39 is 23.5 Å². The molecular formula is C15H8F6N2. The van der Waals surface area contributed by atoms with E-state index >= 15 is 0 Å². The summed E-state index contributed by atoms with van der Waals surface area (Å²) in [6.07, 6.45) is -8.00. The maximum absolute atomic E-state index is 13.0. The molecule has 0 radical (unpaired) electrons. The highest BCUT2D eigenvalue weighted by atomic mass is 19.4. The largest absolute Gasteiger partial charge is 0.416 e. The molecule has 2 nitrogen and oxygen atoms in total. The number of imidazole rings is 1. The van der Waals surface area contributed by atoms with Crippen LogP contribution in [0.2, 0.25) is 0 Å². The van der Waals surface area contributed by atoms with Crippen LogP contribution < -0.4 is 0 Å². The van der Waals surface area contributed by atoms with Crippen molar-refractivity contribution in [2.75, 3.05) is 0 Å². The Morgan fingerprint density at radius 3 is 2.17 bits per heavy atom. The minimum Gasteiger partial charge on any atom is -0.345 e. The van der Waals surface area contributed by atoms with Gasteiger partial charge < -0.3 is 4.98 Å². The topological polar surface area (TPSA) is 28.7 Å². The summed E-state index contributed by atoms with van der Waals surface area (Å²) >= 11 is 0. The summed E-state index contributed by atoms with van der Waals surface area (Å²) in [4.78, 5) is 6.46. The fourth-order valence-electron chi connectivity index (χ4n) is 2.30. The molecule has 3 rings (SSSR count). The number of alkyl halides is 6. The van der Waals surface area contributed by atoms with Crippen molar-refractivity contribution < 1.29 is 26.3 Å². The third-order valence-corrected chi connectivity index (χ3v) is 3.35. The van der Waals surface area contributed by atoms with E-state index in [0.29, 0.717) is 0 Å². The summed E-state index contributed by atoms with van der Waals surface area (Å²) in [5.41, 5.74) is -1.60. The van der Waals surface area contributed by atoms with Crippen molar-refractivity contribution in [3.63, 3.8) is 0 Å². The first-order chi connectivity index (χ1) is 10.7. The highest BCUT2D eigenvalue weighted by Crippen LogP contribution is 2.38. The Morgan fingerprint density at radius 1 is 0.826 bits per heavy atom. The molecule has 2 aromatic carbocycles. The number of fused-ring (bicyclic) bond motifs is 1. The lowest BCUT2D eigenvalue weighted by Gasteiger charge is -2.12. The van der Waals surface area contributed by atoms with Crippen LogP contribution in [-0.4, -0.2) is 9.97 Å². The Kier molecular flexibility index (Phi) is 3.35. The molecule has 23 heavy (non-hydrogen) atoms. The highest BCUT2D eigenvalue weighted by Gasteiger charge is 2.33. The number of nitrogens with zero attached hydrogens (tertiary/aromatic N) is 1. The van der Waals surface area contributed by atoms with Crippen molar-refractivity contribution in [2.45, 2.75) is 12.4 Å². The number of halogens is 6. The fraction of sp³-hybridized carbons (Fsp3) is 0.133. The molecule has 0 saturated heterocycles. The van der Waals surface area contributed by atoms with Crippen molar-refractivity contribution in [2.24, 2.45) is 0 Å². The number of nitrogens with one attached hydrogen (secondary N) is 1. The average Bonchev–Trinajstić information content (AvgIpc) is 2.93. The van der Waals surface area contributed by atoms with Gasteiger partial charge >= 0.3 is 12.4 Å². The van der Waals surface area contributed by atoms with Crippen LogP contribution in [0.3, 0.4) is 0 Å². The SMILES string of the molecule is FC(F)(F)c1cccc(-c2cc(C(F)(F)F)cc3[nH]cnc23)c1. The molecule has 0 aliphatic rings. The molecule has 0 unspecified atom stereocenters. The van der Waals surface area contributed by atoms with Gasteiger partial charge in [0, 0.05) is 5.56 Å². The fourth-order valence-corrected chi connectivity index (χ4v) is 2.30. The molecule has 8 heteroatoms. The summed E-state index contributed by atoms with van der Waals surface area (Å²) in [6, 6.07) is 5.82. The lowest BCUT2D eigenvalue weighted by molar-refractivity contribution is -0.138. The molecule has 1 heterocycles. The van der Waals surface area contributed by atoms with Crippen LogP contribution in [0.5, 0.6) is 0 Å². The van der Waals surface area contributed by atoms with Crippen LogP contribution in [0.1, 0.15) is 11.1 Å². The maximum Gasteiger partial charge on any atom is 0.416 e. The standard InChI is InChI=1S/C15H8F6N2/c16-14(17,18)9-3-1-2-8(4-9)11-5-10(15(19,20)21)6-12-13(11)23-7-22-12/h1-7H,(H,22,23). The van der Waals surface area contributed by atoms with Crippen molar-refractivity contribution >= 4 is 11.0 Å². The van der Waals surface area contributed by atoms with E-state index in [1.54, 1.807) is 0 Å². The second-order valence-corrected chi connectivity index (χ2v) is 4.90. The molecule has 0 spiro atoms. The van der Waals surface area contributed by atoms with Gasteiger partial charge in [0.25, 0.3) is 0 Å². The molecule has 1 aromatic heterocycles. The van der Waals surface area contributed by atoms with Crippen LogP contribution in [0, 0.1) is 0 Å². The third kappa shape index (κ3) is 2.88. The molecule has 0 bridgehead atoms. The number of benzene rings is 2. The van der Waals surface area contributed by atoms with Crippen molar-refractivity contribution in [1.82, 2.24) is 9.97 Å². The molecule has 0 aliphatic carbocycles. The van der Waals surface area contributed by atoms with Gasteiger partial charge in [-0.05, 0) is 29.8 Å². The molecule has 0 atom stereocenters. The van der Waals surface area contributed by atoms with E-state index in [2.05, 4.69) is 9.97 Å². The first kappa shape index (κ1) is 15.4. The Balaban J connectivity index is 2.25. The first-order valence-electron chi connectivity index (χ1n) is 6.38. The quantitative estimate of drug-likeness (QED) is 0.605. The van der Waals surface area contributed by atoms with E-state index in [9.17, 15) is 26.3 Å². The van der Waals surface area contributed by atoms with Gasteiger partial charge in [0.2, 0.25) is 0 Å². The predicted molar refractivity (Wildman–Crippen MR) is 71.5 cm³/mol. The molecule has 0 fully saturated rings. The van der Waals surface area contributed by atoms with Crippen molar-refractivity contribution in [3.05, 3.63) is 53.9 Å². The molecule has 0 saturated carbocycles. The van der Waals surface area contributed by atoms with Crippen molar-refractivity contribution in [1.29, 1.82) is 0 Å². The van der Waals surface area contributed by atoms with E-state index in [4.69, 9.17) is 0 Å². The number of rotatable bonds is 1. The van der Waals surface area contributed by atoms with Gasteiger partial charge in [-0.15, -0.1) is 0 Å². The zero-order chi connectivity index (χ0) is 16.8. The molecule has 1 N–H and O–H groups in total. The minimum atomic E-state index is -4.62. The zero-order valence-corrected chi connectivity index (χ0v) is 11.3. The normalized spacial score (nSPS) is 12.8. The summed E-state index contributed by atoms with van der Waals surface area (Å²) in [7, 11) is 0. The molecule has 120 valence electrons. The smallest absolute Gasteiger partial charge is 0.345 e. The van der Waals surface area contributed by atoms with Crippen LogP contribution in [0.15, 0.2) is 42.7 Å². The lowest BCUT2D eigenvalue weighted by atomic mass is 9.99. The van der Waals surface area contributed by atoms with Gasteiger partial charge in [0.05, 0.1) is 28.5 Å². The Hall–Kier alpha value is -2.51. The Bertz CT molecular complexity index is 860. The van der Waals surface area contributed by atoms with Gasteiger partial charge in [-0.25, -0.2) is 4.98 Å². The van der Waals surface area contributed by atoms with Crippen LogP contribution in [0.4, 0.5) is 26.3 Å². The van der Waals surface area contributed by atoms with E-state index in [0.717, 1.165) is 30.3 Å². The van der Waals surface area contributed by atoms with Crippen LogP contribution >= 0.6 is 0 Å². The van der Waals surface area contributed by atoms with Gasteiger partial charge in [0.1, 0.15) is 0 Å². The van der Waals surface area contributed by atoms with E-state index in [1.807, 2.05) is 0 Å². The Morgan fingerprint density at radius 2 is 1.52 bits per heavy atom. The number of hydrogen-bond acceptors (Lipinski definition) is 1. The van der Waals surface area contributed by atoms with E-state index in [-0.39, 0.29) is 22.2 Å². The maximum atomic E-state index is 13.0. The van der Waals surface area contributed by atoms with Gasteiger partial charge in [-0.2, -0.15) is 26.3 Å². The molecule has 3 aromatic rings. The average molecular weight is 330 g/mol. The molecular weight excluding hydrogens is 322 g/mol. The molecule has 0 aliphatic heterocycles. The zero-order valence-electron chi connectivity index (χ0n) is 11.3. The first-order valence-corrected chi connectivity index (χ1v) is 6.38. The van der Waals surface area contributed by atoms with E-state index in [1.165, 1.54) is 12.4 Å². The van der Waals surface area contributed by atoms with Crippen LogP contribution in [-0.2, 0) is 12.4 Å². The van der Waals surface area contributed by atoms with Crippen LogP contribution in [0.25, 0.3) is 22.2 Å². The lowest BCUT2D eigenvalue weighted by Crippen LogP contribution is -2.06. The molecule has 0 amide bonds. The summed E-state index contributed by atoms with van der Waals surface area (Å²) in [6.45, 7) is 0. The minimum absolute atomic E-state index is 0.0119. The number of hydrogen-bond donors (Lipinski definition) is 1. The summed E-state index contributed by atoms with van der Waals surface area (Å²) in [5.74, 6) is 0. The third-order valence-electron chi connectivity index (χ3n) is 3.35. The number of H-pyrrole nitrogens is 1.